The van der Waals surface area contributed by atoms with Crippen LogP contribution in [0.4, 0.5) is 0 Å². The van der Waals surface area contributed by atoms with Gasteiger partial charge in [-0.2, -0.15) is 0 Å². The standard InChI is InChI=1S/C10H19N/c1-8-2-3-9-4-5-11-7-10(9)6-8/h8-11H,2-7H2,1H3/t8-,9-,10?/m1/s1. The molecular formula is C10H19N. The van der Waals surface area contributed by atoms with Crippen LogP contribution in [-0.2, 0) is 0 Å². The van der Waals surface area contributed by atoms with Crippen LogP contribution >= 0.6 is 0 Å². The maximum Gasteiger partial charge on any atom is -0.00178 e. The minimum Gasteiger partial charge on any atom is -0.316 e. The van der Waals surface area contributed by atoms with Gasteiger partial charge in [-0.05, 0) is 50.1 Å². The molecule has 1 unspecified atom stereocenters. The number of hydrogen-bond acceptors (Lipinski definition) is 1. The molecule has 3 atom stereocenters. The maximum absolute atomic E-state index is 3.50. The van der Waals surface area contributed by atoms with Gasteiger partial charge < -0.3 is 5.32 Å². The SMILES string of the molecule is C[C@@H]1CC[C@@H]2CCNCC2C1. The van der Waals surface area contributed by atoms with Crippen molar-refractivity contribution >= 4 is 0 Å². The molecule has 1 saturated carbocycles. The van der Waals surface area contributed by atoms with Gasteiger partial charge in [0.2, 0.25) is 0 Å². The van der Waals surface area contributed by atoms with E-state index in [-0.39, 0.29) is 0 Å². The summed E-state index contributed by atoms with van der Waals surface area (Å²) in [4.78, 5) is 0. The molecule has 1 heterocycles. The highest BCUT2D eigenvalue weighted by Gasteiger charge is 2.29. The topological polar surface area (TPSA) is 12.0 Å². The third kappa shape index (κ3) is 1.58. The largest absolute Gasteiger partial charge is 0.316 e. The number of hydrogen-bond donors (Lipinski definition) is 1. The Kier molecular flexibility index (Phi) is 2.17. The number of rotatable bonds is 0. The van der Waals surface area contributed by atoms with Crippen LogP contribution in [0.2, 0.25) is 0 Å². The minimum atomic E-state index is 0.996. The Hall–Kier alpha value is -0.0400. The molecule has 0 spiro atoms. The zero-order chi connectivity index (χ0) is 7.68. The first-order chi connectivity index (χ1) is 5.36. The summed E-state index contributed by atoms with van der Waals surface area (Å²) in [5, 5.41) is 3.50. The highest BCUT2D eigenvalue weighted by molar-refractivity contribution is 4.83. The van der Waals surface area contributed by atoms with Gasteiger partial charge in [-0.3, -0.25) is 0 Å². The van der Waals surface area contributed by atoms with Gasteiger partial charge in [0.05, 0.1) is 0 Å². The number of piperidine rings is 1. The van der Waals surface area contributed by atoms with Gasteiger partial charge in [0.1, 0.15) is 0 Å². The van der Waals surface area contributed by atoms with Crippen molar-refractivity contribution in [2.75, 3.05) is 13.1 Å². The molecule has 1 aliphatic carbocycles. The van der Waals surface area contributed by atoms with Crippen molar-refractivity contribution in [1.82, 2.24) is 5.32 Å². The summed E-state index contributed by atoms with van der Waals surface area (Å²) >= 11 is 0. The molecule has 1 saturated heterocycles. The summed E-state index contributed by atoms with van der Waals surface area (Å²) in [7, 11) is 0. The van der Waals surface area contributed by atoms with Crippen LogP contribution in [0.15, 0.2) is 0 Å². The third-order valence-electron chi connectivity index (χ3n) is 3.50. The van der Waals surface area contributed by atoms with E-state index in [1.807, 2.05) is 0 Å². The van der Waals surface area contributed by atoms with Crippen LogP contribution in [0.25, 0.3) is 0 Å². The Labute approximate surface area is 69.6 Å². The van der Waals surface area contributed by atoms with Crippen LogP contribution < -0.4 is 5.32 Å². The summed E-state index contributed by atoms with van der Waals surface area (Å²) < 4.78 is 0. The Morgan fingerprint density at radius 3 is 2.91 bits per heavy atom. The molecule has 2 fully saturated rings. The normalized spacial score (nSPS) is 45.0. The molecule has 0 radical (unpaired) electrons. The minimum absolute atomic E-state index is 0.996. The summed E-state index contributed by atoms with van der Waals surface area (Å²) in [5.41, 5.74) is 0. The molecule has 0 bridgehead atoms. The average Bonchev–Trinajstić information content (AvgIpc) is 2.04. The van der Waals surface area contributed by atoms with Gasteiger partial charge in [0, 0.05) is 0 Å². The van der Waals surface area contributed by atoms with E-state index in [2.05, 4.69) is 12.2 Å². The third-order valence-corrected chi connectivity index (χ3v) is 3.50. The lowest BCUT2D eigenvalue weighted by atomic mass is 9.72. The van der Waals surface area contributed by atoms with Gasteiger partial charge in [-0.1, -0.05) is 13.3 Å². The molecule has 64 valence electrons. The molecule has 1 aliphatic heterocycles. The van der Waals surface area contributed by atoms with Crippen molar-refractivity contribution in [2.45, 2.75) is 32.6 Å². The Morgan fingerprint density at radius 2 is 2.00 bits per heavy atom. The van der Waals surface area contributed by atoms with Gasteiger partial charge in [-0.15, -0.1) is 0 Å². The second kappa shape index (κ2) is 3.14. The van der Waals surface area contributed by atoms with Crippen molar-refractivity contribution < 1.29 is 0 Å². The molecule has 1 heteroatoms. The molecule has 0 aromatic rings. The fourth-order valence-electron chi connectivity index (χ4n) is 2.77. The Morgan fingerprint density at radius 1 is 1.09 bits per heavy atom. The summed E-state index contributed by atoms with van der Waals surface area (Å²) in [6.45, 7) is 4.98. The second-order valence-corrected chi connectivity index (χ2v) is 4.43. The van der Waals surface area contributed by atoms with Crippen LogP contribution in [0.3, 0.4) is 0 Å². The smallest absolute Gasteiger partial charge is 0.00178 e. The first-order valence-electron chi connectivity index (χ1n) is 5.07. The molecule has 11 heavy (non-hydrogen) atoms. The van der Waals surface area contributed by atoms with Crippen LogP contribution in [0, 0.1) is 17.8 Å². The lowest BCUT2D eigenvalue weighted by Crippen LogP contribution is -2.39. The van der Waals surface area contributed by atoms with E-state index in [1.165, 1.54) is 38.8 Å². The molecule has 1 N–H and O–H groups in total. The number of nitrogens with one attached hydrogen (secondary N) is 1. The van der Waals surface area contributed by atoms with E-state index < -0.39 is 0 Å². The van der Waals surface area contributed by atoms with E-state index in [4.69, 9.17) is 0 Å². The van der Waals surface area contributed by atoms with Crippen LogP contribution in [0.1, 0.15) is 32.6 Å². The van der Waals surface area contributed by atoms with E-state index in [9.17, 15) is 0 Å². The fourth-order valence-corrected chi connectivity index (χ4v) is 2.77. The molecule has 0 aromatic heterocycles. The lowest BCUT2D eigenvalue weighted by Gasteiger charge is -2.38. The monoisotopic (exact) mass is 153 g/mol. The predicted octanol–water partition coefficient (Wildman–Crippen LogP) is 2.03. The highest BCUT2D eigenvalue weighted by atomic mass is 14.9. The number of fused-ring (bicyclic) bond motifs is 1. The molecule has 0 amide bonds. The molecule has 0 aromatic carbocycles. The van der Waals surface area contributed by atoms with Crippen LogP contribution in [0.5, 0.6) is 0 Å². The summed E-state index contributed by atoms with van der Waals surface area (Å²) in [6.07, 6.45) is 5.92. The van der Waals surface area contributed by atoms with Crippen LogP contribution in [-0.4, -0.2) is 13.1 Å². The maximum atomic E-state index is 3.50. The van der Waals surface area contributed by atoms with Crippen molar-refractivity contribution in [3.05, 3.63) is 0 Å². The molecule has 2 aliphatic rings. The quantitative estimate of drug-likeness (QED) is 0.561. The van der Waals surface area contributed by atoms with Gasteiger partial charge >= 0.3 is 0 Å². The van der Waals surface area contributed by atoms with Gasteiger partial charge in [0.25, 0.3) is 0 Å². The van der Waals surface area contributed by atoms with Crippen molar-refractivity contribution in [1.29, 1.82) is 0 Å². The fraction of sp³-hybridized carbons (Fsp3) is 1.00. The summed E-state index contributed by atoms with van der Waals surface area (Å²) in [5.74, 6) is 3.09. The molecule has 2 rings (SSSR count). The van der Waals surface area contributed by atoms with E-state index in [0.717, 1.165) is 17.8 Å². The highest BCUT2D eigenvalue weighted by Crippen LogP contribution is 2.36. The van der Waals surface area contributed by atoms with Gasteiger partial charge in [-0.25, -0.2) is 0 Å². The Balaban J connectivity index is 1.93. The zero-order valence-electron chi connectivity index (χ0n) is 7.47. The van der Waals surface area contributed by atoms with Gasteiger partial charge in [0.15, 0.2) is 0 Å². The molecule has 1 nitrogen and oxygen atoms in total. The predicted molar refractivity (Wildman–Crippen MR) is 47.5 cm³/mol. The van der Waals surface area contributed by atoms with Crippen molar-refractivity contribution in [2.24, 2.45) is 17.8 Å². The van der Waals surface area contributed by atoms with Crippen molar-refractivity contribution in [3.8, 4) is 0 Å². The lowest BCUT2D eigenvalue weighted by molar-refractivity contribution is 0.149. The summed E-state index contributed by atoms with van der Waals surface area (Å²) in [6, 6.07) is 0. The first kappa shape index (κ1) is 7.60. The first-order valence-corrected chi connectivity index (χ1v) is 5.07. The van der Waals surface area contributed by atoms with E-state index in [0.29, 0.717) is 0 Å². The second-order valence-electron chi connectivity index (χ2n) is 4.43. The van der Waals surface area contributed by atoms with Crippen molar-refractivity contribution in [3.63, 3.8) is 0 Å². The van der Waals surface area contributed by atoms with E-state index >= 15 is 0 Å². The zero-order valence-corrected chi connectivity index (χ0v) is 7.47. The van der Waals surface area contributed by atoms with E-state index in [1.54, 1.807) is 0 Å². The Bertz CT molecular complexity index is 133. The average molecular weight is 153 g/mol. The molecular weight excluding hydrogens is 134 g/mol.